The van der Waals surface area contributed by atoms with Gasteiger partial charge in [0.2, 0.25) is 27.6 Å². The average molecular weight is 681 g/mol. The first-order valence-electron chi connectivity index (χ1n) is 17.5. The van der Waals surface area contributed by atoms with Crippen LogP contribution in [0.15, 0.2) is 0 Å². The predicted octanol–water partition coefficient (Wildman–Crippen LogP) is 1.90. The molecule has 5 N–H and O–H groups in total. The number of carbonyl (C=O) groups is 5. The third kappa shape index (κ3) is 9.45. The number of nitrogens with two attached hydrogens (primary N) is 1. The van der Waals surface area contributed by atoms with Gasteiger partial charge < -0.3 is 26.6 Å². The predicted molar refractivity (Wildman–Crippen MR) is 177 cm³/mol. The fourth-order valence-electron chi connectivity index (χ4n) is 7.45. The van der Waals surface area contributed by atoms with Crippen LogP contribution < -0.4 is 21.7 Å². The molecule has 5 atom stereocenters. The molecule has 4 rings (SSSR count). The molecule has 2 aliphatic carbocycles. The van der Waals surface area contributed by atoms with E-state index in [1.807, 2.05) is 34.6 Å². The molecule has 0 spiro atoms. The van der Waals surface area contributed by atoms with E-state index in [0.29, 0.717) is 32.4 Å². The summed E-state index contributed by atoms with van der Waals surface area (Å²) in [7, 11) is -3.38. The molecule has 14 heteroatoms. The van der Waals surface area contributed by atoms with Gasteiger partial charge in [-0.3, -0.25) is 19.2 Å². The molecule has 0 aromatic rings. The SMILES string of the molecule is CC(C)[C@H]1CCN(C(=O)[C@@H](NC(=O)N[C@H](CN2CCCS2(=O)=O)C(C)(C)C)C2CCCCC2)[C@@H]1C(=O)NC(CC1CC1)C(=O)C(N)=O. The summed E-state index contributed by atoms with van der Waals surface area (Å²) in [4.78, 5) is 68.1. The van der Waals surface area contributed by atoms with Crippen molar-refractivity contribution in [2.24, 2.45) is 34.8 Å². The maximum absolute atomic E-state index is 14.5. The molecule has 47 heavy (non-hydrogen) atoms. The Morgan fingerprint density at radius 2 is 1.53 bits per heavy atom. The van der Waals surface area contributed by atoms with Crippen molar-refractivity contribution < 1.29 is 32.4 Å². The zero-order chi connectivity index (χ0) is 34.7. The summed E-state index contributed by atoms with van der Waals surface area (Å²) in [5.74, 6) is -2.69. The van der Waals surface area contributed by atoms with Crippen LogP contribution >= 0.6 is 0 Å². The summed E-state index contributed by atoms with van der Waals surface area (Å²) in [6, 6.07) is -3.86. The van der Waals surface area contributed by atoms with Crippen LogP contribution in [0.5, 0.6) is 0 Å². The minimum absolute atomic E-state index is 0.0519. The number of Topliss-reactive ketones (excluding diaryl/α,β-unsaturated/α-hetero) is 1. The number of nitrogens with one attached hydrogen (secondary N) is 3. The van der Waals surface area contributed by atoms with Crippen LogP contribution in [0.25, 0.3) is 0 Å². The lowest BCUT2D eigenvalue weighted by Crippen LogP contribution is -2.61. The Morgan fingerprint density at radius 1 is 0.872 bits per heavy atom. The van der Waals surface area contributed by atoms with Crippen LogP contribution in [0.3, 0.4) is 0 Å². The number of amides is 5. The molecule has 4 aliphatic rings. The van der Waals surface area contributed by atoms with E-state index in [0.717, 1.165) is 44.9 Å². The quantitative estimate of drug-likeness (QED) is 0.214. The lowest BCUT2D eigenvalue weighted by Gasteiger charge is -2.37. The van der Waals surface area contributed by atoms with Crippen LogP contribution in [-0.2, 0) is 29.2 Å². The van der Waals surface area contributed by atoms with Gasteiger partial charge in [0.05, 0.1) is 11.8 Å². The third-order valence-electron chi connectivity index (χ3n) is 10.6. The molecule has 0 bridgehead atoms. The lowest BCUT2D eigenvalue weighted by molar-refractivity contribution is -0.144. The number of carbonyl (C=O) groups excluding carboxylic acids is 5. The van der Waals surface area contributed by atoms with Gasteiger partial charge in [0.1, 0.15) is 12.1 Å². The number of hydrogen-bond donors (Lipinski definition) is 4. The van der Waals surface area contributed by atoms with Gasteiger partial charge in [-0.15, -0.1) is 0 Å². The number of ketones is 1. The van der Waals surface area contributed by atoms with Crippen LogP contribution in [0.4, 0.5) is 4.79 Å². The summed E-state index contributed by atoms with van der Waals surface area (Å²) < 4.78 is 26.5. The number of nitrogens with zero attached hydrogens (tertiary/aromatic N) is 2. The Bertz CT molecular complexity index is 1290. The van der Waals surface area contributed by atoms with Crippen molar-refractivity contribution in [3.8, 4) is 0 Å². The molecule has 2 saturated heterocycles. The second kappa shape index (κ2) is 15.2. The molecule has 0 aromatic heterocycles. The van der Waals surface area contributed by atoms with Gasteiger partial charge in [0.25, 0.3) is 5.91 Å². The van der Waals surface area contributed by atoms with E-state index < -0.39 is 63.2 Å². The normalized spacial score (nSPS) is 25.6. The summed E-state index contributed by atoms with van der Waals surface area (Å²) in [6.07, 6.45) is 7.69. The monoisotopic (exact) mass is 680 g/mol. The molecular formula is C33H56N6O7S. The van der Waals surface area contributed by atoms with E-state index in [4.69, 9.17) is 5.73 Å². The van der Waals surface area contributed by atoms with Crippen molar-refractivity contribution in [3.05, 3.63) is 0 Å². The van der Waals surface area contributed by atoms with Crippen molar-refractivity contribution in [1.82, 2.24) is 25.2 Å². The molecule has 0 radical (unpaired) electrons. The zero-order valence-electron chi connectivity index (χ0n) is 28.8. The van der Waals surface area contributed by atoms with Crippen LogP contribution in [0, 0.1) is 29.1 Å². The Kier molecular flexibility index (Phi) is 12.0. The fourth-order valence-corrected chi connectivity index (χ4v) is 8.98. The fraction of sp³-hybridized carbons (Fsp3) is 0.848. The first kappa shape index (κ1) is 37.1. The summed E-state index contributed by atoms with van der Waals surface area (Å²) >= 11 is 0. The highest BCUT2D eigenvalue weighted by atomic mass is 32.2. The van der Waals surface area contributed by atoms with Crippen LogP contribution in [-0.4, -0.2) is 96.7 Å². The zero-order valence-corrected chi connectivity index (χ0v) is 29.6. The molecule has 0 aromatic carbocycles. The average Bonchev–Trinajstić information content (AvgIpc) is 3.59. The van der Waals surface area contributed by atoms with Crippen molar-refractivity contribution in [2.75, 3.05) is 25.4 Å². The molecule has 1 unspecified atom stereocenters. The molecule has 5 amide bonds. The van der Waals surface area contributed by atoms with E-state index in [9.17, 15) is 32.4 Å². The minimum Gasteiger partial charge on any atom is -0.363 e. The van der Waals surface area contributed by atoms with E-state index >= 15 is 0 Å². The van der Waals surface area contributed by atoms with E-state index in [1.165, 1.54) is 4.31 Å². The first-order chi connectivity index (χ1) is 22.0. The van der Waals surface area contributed by atoms with Gasteiger partial charge in [-0.1, -0.05) is 66.7 Å². The molecule has 4 fully saturated rings. The number of rotatable bonds is 13. The topological polar surface area (TPSA) is 188 Å². The maximum Gasteiger partial charge on any atom is 0.315 e. The highest BCUT2D eigenvalue weighted by Crippen LogP contribution is 2.36. The summed E-state index contributed by atoms with van der Waals surface area (Å²) in [5.41, 5.74) is 4.85. The second-order valence-electron chi connectivity index (χ2n) is 15.6. The van der Waals surface area contributed by atoms with Gasteiger partial charge in [-0.25, -0.2) is 13.2 Å². The largest absolute Gasteiger partial charge is 0.363 e. The smallest absolute Gasteiger partial charge is 0.315 e. The highest BCUT2D eigenvalue weighted by molar-refractivity contribution is 7.89. The van der Waals surface area contributed by atoms with Crippen molar-refractivity contribution in [1.29, 1.82) is 0 Å². The Hall–Kier alpha value is -2.74. The molecule has 266 valence electrons. The number of likely N-dealkylation sites (tertiary alicyclic amines) is 1. The third-order valence-corrected chi connectivity index (χ3v) is 12.5. The number of sulfonamides is 1. The Balaban J connectivity index is 1.55. The Labute approximate surface area is 279 Å². The van der Waals surface area contributed by atoms with E-state index in [-0.39, 0.29) is 41.9 Å². The van der Waals surface area contributed by atoms with Gasteiger partial charge in [0, 0.05) is 25.7 Å². The number of primary amides is 1. The number of urea groups is 1. The molecule has 13 nitrogen and oxygen atoms in total. The molecular weight excluding hydrogens is 624 g/mol. The molecule has 2 aliphatic heterocycles. The molecule has 2 saturated carbocycles. The minimum atomic E-state index is -3.38. The summed E-state index contributed by atoms with van der Waals surface area (Å²) in [5, 5.41) is 8.74. The van der Waals surface area contributed by atoms with Gasteiger partial charge in [0.15, 0.2) is 0 Å². The van der Waals surface area contributed by atoms with Crippen molar-refractivity contribution >= 4 is 39.6 Å². The van der Waals surface area contributed by atoms with E-state index in [2.05, 4.69) is 16.0 Å². The summed E-state index contributed by atoms with van der Waals surface area (Å²) in [6.45, 7) is 10.7. The Morgan fingerprint density at radius 3 is 2.06 bits per heavy atom. The van der Waals surface area contributed by atoms with Crippen LogP contribution in [0.2, 0.25) is 0 Å². The first-order valence-corrected chi connectivity index (χ1v) is 19.1. The second-order valence-corrected chi connectivity index (χ2v) is 17.7. The van der Waals surface area contributed by atoms with Crippen molar-refractivity contribution in [2.45, 2.75) is 123 Å². The maximum atomic E-state index is 14.5. The molecule has 2 heterocycles. The van der Waals surface area contributed by atoms with Crippen molar-refractivity contribution in [3.63, 3.8) is 0 Å². The van der Waals surface area contributed by atoms with Crippen LogP contribution in [0.1, 0.15) is 98.8 Å². The highest BCUT2D eigenvalue weighted by Gasteiger charge is 2.47. The van der Waals surface area contributed by atoms with E-state index in [1.54, 1.807) is 4.90 Å². The van der Waals surface area contributed by atoms with Gasteiger partial charge >= 0.3 is 6.03 Å². The standard InChI is InChI=1S/C33H56N6O7S/c1-20(2)23-14-16-39(27(23)30(42)35-24(18-21-12-13-21)28(40)29(34)41)31(43)26(22-10-7-6-8-11-22)37-32(44)36-25(33(3,4)5)19-38-15-9-17-47(38,45)46/h20-27H,6-19H2,1-5H3,(H2,34,41)(H,35,42)(H2,36,37,44)/t23-,24?,25-,26+,27+/m1/s1. The number of hydrogen-bond acceptors (Lipinski definition) is 7. The lowest BCUT2D eigenvalue weighted by atomic mass is 9.82. The van der Waals surface area contributed by atoms with Gasteiger partial charge in [-0.05, 0) is 61.2 Å². The van der Waals surface area contributed by atoms with Gasteiger partial charge in [-0.2, -0.15) is 4.31 Å².